The number of halogens is 1. The normalized spacial score (nSPS) is 27.5. The van der Waals surface area contributed by atoms with E-state index in [-0.39, 0.29) is 48.7 Å². The van der Waals surface area contributed by atoms with Crippen LogP contribution in [0.4, 0.5) is 4.39 Å². The van der Waals surface area contributed by atoms with E-state index in [2.05, 4.69) is 25.2 Å². The van der Waals surface area contributed by atoms with Crippen LogP contribution in [0.1, 0.15) is 100.0 Å². The van der Waals surface area contributed by atoms with E-state index in [0.717, 1.165) is 12.8 Å². The number of amides is 3. The zero-order chi connectivity index (χ0) is 38.4. The third kappa shape index (κ3) is 7.49. The maximum atomic E-state index is 14.6. The minimum Gasteiger partial charge on any atom is -0.471 e. The van der Waals surface area contributed by atoms with Crippen molar-refractivity contribution >= 4 is 44.6 Å². The number of aromatic nitrogens is 3. The molecule has 1 saturated heterocycles. The first-order chi connectivity index (χ1) is 25.7. The van der Waals surface area contributed by atoms with E-state index < -0.39 is 67.8 Å². The number of allylic oxidation sites excluding steroid dienone is 1. The highest BCUT2D eigenvalue weighted by Crippen LogP contribution is 2.47. The van der Waals surface area contributed by atoms with Gasteiger partial charge >= 0.3 is 0 Å². The van der Waals surface area contributed by atoms with Crippen LogP contribution in [0.25, 0.3) is 11.0 Å². The summed E-state index contributed by atoms with van der Waals surface area (Å²) in [6, 6.07) is 4.45. The Morgan fingerprint density at radius 3 is 2.65 bits per heavy atom. The molecule has 5 atom stereocenters. The van der Waals surface area contributed by atoms with Crippen molar-refractivity contribution < 1.29 is 41.2 Å². The Bertz CT molecular complexity index is 2130. The highest BCUT2D eigenvalue weighted by molar-refractivity contribution is 7.91. The second kappa shape index (κ2) is 14.5. The molecule has 2 N–H and O–H groups in total. The number of carbonyl (C=O) groups excluding carboxylic acids is 4. The molecular formula is C38H45FN6O8S. The van der Waals surface area contributed by atoms with E-state index in [1.165, 1.54) is 29.2 Å². The standard InChI is InChI=1S/C38H45FN6O8S/c1-4-27-34(41-29-18-25(39)12-13-28(29)40-27)52-26-19-31-33(47)42-38(36(49)44-54(50,51)37(3)14-15-37)20-24(38)11-9-7-5-6-8-10-23(35(48)45(31)21-26)17-32(46)30-16-22(2)53-43-30/h9,11-13,16,18,23-24,26,31H,4-8,10,14-15,17,19-21H2,1-3H3,(H,42,47)(H,44,49)/b11-9-/t23-,24-,26-,31+,38-/m1/s1. The summed E-state index contributed by atoms with van der Waals surface area (Å²) in [4.78, 5) is 66.7. The molecule has 2 aliphatic heterocycles. The quantitative estimate of drug-likeness (QED) is 0.234. The highest BCUT2D eigenvalue weighted by Gasteiger charge is 2.63. The summed E-state index contributed by atoms with van der Waals surface area (Å²) < 4.78 is 53.1. The lowest BCUT2D eigenvalue weighted by atomic mass is 9.92. The van der Waals surface area contributed by atoms with Gasteiger partial charge in [-0.15, -0.1) is 0 Å². The Morgan fingerprint density at radius 2 is 1.93 bits per heavy atom. The van der Waals surface area contributed by atoms with Crippen molar-refractivity contribution in [2.24, 2.45) is 11.8 Å². The number of sulfonamides is 1. The fraction of sp³-hybridized carbons (Fsp3) is 0.553. The van der Waals surface area contributed by atoms with Crippen LogP contribution in [-0.2, 0) is 30.8 Å². The van der Waals surface area contributed by atoms with Gasteiger partial charge in [0.2, 0.25) is 27.7 Å². The third-order valence-electron chi connectivity index (χ3n) is 11.2. The predicted molar refractivity (Wildman–Crippen MR) is 193 cm³/mol. The summed E-state index contributed by atoms with van der Waals surface area (Å²) in [5, 5.41) is 6.72. The number of hydrogen-bond donors (Lipinski definition) is 2. The molecule has 288 valence electrons. The molecule has 0 unspecified atom stereocenters. The topological polar surface area (TPSA) is 191 Å². The van der Waals surface area contributed by atoms with Gasteiger partial charge in [0.25, 0.3) is 5.91 Å². The van der Waals surface area contributed by atoms with Gasteiger partial charge in [0.05, 0.1) is 22.3 Å². The average Bonchev–Trinajstić information content (AvgIpc) is 3.93. The van der Waals surface area contributed by atoms with Gasteiger partial charge in [-0.3, -0.25) is 23.9 Å². The molecule has 16 heteroatoms. The number of rotatable bonds is 9. The first-order valence-corrected chi connectivity index (χ1v) is 20.2. The second-order valence-corrected chi connectivity index (χ2v) is 17.5. The van der Waals surface area contributed by atoms with Crippen molar-refractivity contribution in [2.45, 2.75) is 114 Å². The van der Waals surface area contributed by atoms with Gasteiger partial charge in [0.15, 0.2) is 5.78 Å². The highest BCUT2D eigenvalue weighted by atomic mass is 32.2. The Labute approximate surface area is 312 Å². The molecule has 2 aromatic heterocycles. The van der Waals surface area contributed by atoms with Gasteiger partial charge in [-0.2, -0.15) is 0 Å². The minimum absolute atomic E-state index is 0.00131. The molecule has 7 rings (SSSR count). The molecular weight excluding hydrogens is 720 g/mol. The van der Waals surface area contributed by atoms with Gasteiger partial charge in [-0.1, -0.05) is 37.1 Å². The van der Waals surface area contributed by atoms with E-state index in [1.807, 2.05) is 19.1 Å². The summed E-state index contributed by atoms with van der Waals surface area (Å²) in [6.07, 6.45) is 7.62. The molecule has 1 aromatic carbocycles. The average molecular weight is 765 g/mol. The number of fused-ring (bicyclic) bond motifs is 3. The fourth-order valence-corrected chi connectivity index (χ4v) is 8.75. The lowest BCUT2D eigenvalue weighted by Crippen LogP contribution is -2.57. The Hall–Kier alpha value is -4.73. The number of Topliss-reactive ketones (excluding diaryl/α,β-unsaturated/α-hetero) is 1. The van der Waals surface area contributed by atoms with E-state index >= 15 is 0 Å². The fourth-order valence-electron chi connectivity index (χ4n) is 7.44. The Kier molecular flexibility index (Phi) is 10.1. The number of carbonyl (C=O) groups is 4. The molecule has 2 saturated carbocycles. The molecule has 54 heavy (non-hydrogen) atoms. The van der Waals surface area contributed by atoms with Crippen molar-refractivity contribution in [1.82, 2.24) is 30.1 Å². The summed E-state index contributed by atoms with van der Waals surface area (Å²) in [5.74, 6) is -3.41. The SMILES string of the molecule is CCc1nc2ccc(F)cc2nc1O[C@@H]1C[C@H]2C(=O)N[C@]3(C(=O)NS(=O)(=O)C4(C)CC4)C[C@H]3/C=C\CCCCC[C@H](CC(=O)c3cc(C)on3)C(=O)N2C1. The van der Waals surface area contributed by atoms with E-state index in [9.17, 15) is 32.0 Å². The van der Waals surface area contributed by atoms with Crippen molar-refractivity contribution in [3.8, 4) is 5.88 Å². The minimum atomic E-state index is -4.00. The summed E-state index contributed by atoms with van der Waals surface area (Å²) >= 11 is 0. The van der Waals surface area contributed by atoms with Crippen molar-refractivity contribution in [3.63, 3.8) is 0 Å². The number of aryl methyl sites for hydroxylation is 2. The van der Waals surface area contributed by atoms with Gasteiger partial charge in [-0.25, -0.2) is 22.8 Å². The van der Waals surface area contributed by atoms with Crippen molar-refractivity contribution in [3.05, 3.63) is 59.4 Å². The van der Waals surface area contributed by atoms with E-state index in [0.29, 0.717) is 55.5 Å². The lowest BCUT2D eigenvalue weighted by molar-refractivity contribution is -0.142. The van der Waals surface area contributed by atoms with Crippen molar-refractivity contribution in [2.75, 3.05) is 6.54 Å². The molecule has 3 amide bonds. The Balaban J connectivity index is 1.21. The van der Waals surface area contributed by atoms with Crippen LogP contribution in [0.5, 0.6) is 5.88 Å². The van der Waals surface area contributed by atoms with Crippen LogP contribution in [0.2, 0.25) is 0 Å². The van der Waals surface area contributed by atoms with E-state index in [1.54, 1.807) is 13.8 Å². The van der Waals surface area contributed by atoms with Gasteiger partial charge < -0.3 is 19.5 Å². The molecule has 3 fully saturated rings. The van der Waals surface area contributed by atoms with Crippen LogP contribution in [0.15, 0.2) is 40.9 Å². The van der Waals surface area contributed by atoms with Crippen LogP contribution in [0.3, 0.4) is 0 Å². The summed E-state index contributed by atoms with van der Waals surface area (Å²) in [5.41, 5.74) is -0.156. The maximum absolute atomic E-state index is 14.6. The maximum Gasteiger partial charge on any atom is 0.259 e. The second-order valence-electron chi connectivity index (χ2n) is 15.3. The number of benzene rings is 1. The molecule has 0 radical (unpaired) electrons. The predicted octanol–water partition coefficient (Wildman–Crippen LogP) is 4.26. The molecule has 0 spiro atoms. The number of ether oxygens (including phenoxy) is 1. The molecule has 4 aliphatic rings. The molecule has 2 aliphatic carbocycles. The van der Waals surface area contributed by atoms with Gasteiger partial charge in [0.1, 0.15) is 40.7 Å². The van der Waals surface area contributed by atoms with Crippen LogP contribution < -0.4 is 14.8 Å². The smallest absolute Gasteiger partial charge is 0.259 e. The number of nitrogens with one attached hydrogen (secondary N) is 2. The largest absolute Gasteiger partial charge is 0.471 e. The zero-order valence-corrected chi connectivity index (χ0v) is 31.4. The number of ketones is 1. The van der Waals surface area contributed by atoms with Crippen LogP contribution in [0, 0.1) is 24.6 Å². The number of nitrogens with zero attached hydrogens (tertiary/aromatic N) is 4. The monoisotopic (exact) mass is 764 g/mol. The van der Waals surface area contributed by atoms with E-state index in [4.69, 9.17) is 9.26 Å². The molecule has 3 aromatic rings. The first kappa shape index (κ1) is 37.6. The van der Waals surface area contributed by atoms with Crippen LogP contribution in [-0.4, -0.2) is 80.9 Å². The molecule has 14 nitrogen and oxygen atoms in total. The van der Waals surface area contributed by atoms with Crippen LogP contribution >= 0.6 is 0 Å². The van der Waals surface area contributed by atoms with Gasteiger partial charge in [0, 0.05) is 36.8 Å². The summed E-state index contributed by atoms with van der Waals surface area (Å²) in [6.45, 7) is 5.06. The zero-order valence-electron chi connectivity index (χ0n) is 30.6. The van der Waals surface area contributed by atoms with Gasteiger partial charge in [-0.05, 0) is 70.9 Å². The Morgan fingerprint density at radius 1 is 1.13 bits per heavy atom. The lowest BCUT2D eigenvalue weighted by Gasteiger charge is -2.29. The third-order valence-corrected chi connectivity index (χ3v) is 13.4. The van der Waals surface area contributed by atoms with Crippen molar-refractivity contribution in [1.29, 1.82) is 0 Å². The molecule has 4 heterocycles. The number of hydrogen-bond acceptors (Lipinski definition) is 11. The molecule has 0 bridgehead atoms. The summed E-state index contributed by atoms with van der Waals surface area (Å²) in [7, 11) is -4.00. The first-order valence-electron chi connectivity index (χ1n) is 18.7.